The Morgan fingerprint density at radius 3 is 2.68 bits per heavy atom. The Hall–Kier alpha value is -2.45. The average Bonchev–Trinajstić information content (AvgIpc) is 2.55. The van der Waals surface area contributed by atoms with Crippen LogP contribution in [0.25, 0.3) is 0 Å². The molecule has 0 saturated carbocycles. The van der Waals surface area contributed by atoms with Gasteiger partial charge >= 0.3 is 13.1 Å². The summed E-state index contributed by atoms with van der Waals surface area (Å²) in [6.07, 6.45) is 5.23. The van der Waals surface area contributed by atoms with Crippen molar-refractivity contribution in [1.82, 2.24) is 9.97 Å². The highest BCUT2D eigenvalue weighted by Crippen LogP contribution is 2.15. The van der Waals surface area contributed by atoms with Crippen molar-refractivity contribution in [2.24, 2.45) is 0 Å². The number of carbonyl (C=O) groups is 1. The highest BCUT2D eigenvalue weighted by Gasteiger charge is 2.20. The molecule has 0 aromatic carbocycles. The maximum absolute atomic E-state index is 11.7. The van der Waals surface area contributed by atoms with Crippen LogP contribution in [0.3, 0.4) is 0 Å². The van der Waals surface area contributed by atoms with E-state index in [4.69, 9.17) is 14.8 Å². The van der Waals surface area contributed by atoms with Crippen LogP contribution in [0.2, 0.25) is 0 Å². The first-order valence-electron chi connectivity index (χ1n) is 6.58. The molecular weight excluding hydrogens is 287 g/mol. The van der Waals surface area contributed by atoms with E-state index in [-0.39, 0.29) is 16.9 Å². The smallest absolute Gasteiger partial charge is 0.477 e. The molecule has 0 unspecified atom stereocenters. The Morgan fingerprint density at radius 1 is 1.32 bits per heavy atom. The van der Waals surface area contributed by atoms with Crippen molar-refractivity contribution >= 4 is 18.6 Å². The third-order valence-electron chi connectivity index (χ3n) is 2.95. The molecule has 22 heavy (non-hydrogen) atoms. The molecule has 0 amide bonds. The lowest BCUT2D eigenvalue weighted by Crippen LogP contribution is -2.31. The minimum atomic E-state index is -1.72. The number of nitrogens with zero attached hydrogens (tertiary/aromatic N) is 2. The molecule has 0 fully saturated rings. The zero-order valence-electron chi connectivity index (χ0n) is 12.0. The third-order valence-corrected chi connectivity index (χ3v) is 2.95. The molecule has 0 aliphatic rings. The van der Waals surface area contributed by atoms with Gasteiger partial charge in [0.05, 0.1) is 13.7 Å². The van der Waals surface area contributed by atoms with E-state index in [0.29, 0.717) is 13.0 Å². The van der Waals surface area contributed by atoms with Crippen LogP contribution in [0.5, 0.6) is 5.88 Å². The summed E-state index contributed by atoms with van der Waals surface area (Å²) in [5.41, 5.74) is 1.17. The molecule has 0 atom stereocenters. The normalized spacial score (nSPS) is 10.1. The summed E-state index contributed by atoms with van der Waals surface area (Å²) in [6, 6.07) is 5.01. The van der Waals surface area contributed by atoms with Crippen molar-refractivity contribution in [1.29, 1.82) is 0 Å². The van der Waals surface area contributed by atoms with Gasteiger partial charge in [0.1, 0.15) is 5.56 Å². The molecule has 0 spiro atoms. The number of rotatable bonds is 6. The standard InChI is InChI=1S/C14H15BN2O5/c1-21-14(18)12-8-11(15(19)20)9-17-13(12)22-7-4-10-2-5-16-6-3-10/h2-3,5-6,8-9,19-20H,4,7H2,1H3. The third kappa shape index (κ3) is 4.03. The summed E-state index contributed by atoms with van der Waals surface area (Å²) in [6.45, 7) is 0.308. The van der Waals surface area contributed by atoms with E-state index in [0.717, 1.165) is 5.56 Å². The Morgan fingerprint density at radius 2 is 2.05 bits per heavy atom. The van der Waals surface area contributed by atoms with Gasteiger partial charge in [0.2, 0.25) is 5.88 Å². The molecule has 0 saturated heterocycles. The van der Waals surface area contributed by atoms with Gasteiger partial charge < -0.3 is 19.5 Å². The lowest BCUT2D eigenvalue weighted by molar-refractivity contribution is 0.0595. The fraction of sp³-hybridized carbons (Fsp3) is 0.214. The second-order valence-corrected chi connectivity index (χ2v) is 4.44. The van der Waals surface area contributed by atoms with Gasteiger partial charge in [-0.25, -0.2) is 9.78 Å². The largest absolute Gasteiger partial charge is 0.490 e. The molecule has 0 radical (unpaired) electrons. The molecular formula is C14H15BN2O5. The van der Waals surface area contributed by atoms with Crippen LogP contribution in [0.1, 0.15) is 15.9 Å². The Labute approximate surface area is 127 Å². The van der Waals surface area contributed by atoms with Gasteiger partial charge in [-0.15, -0.1) is 0 Å². The monoisotopic (exact) mass is 302 g/mol. The fourth-order valence-electron chi connectivity index (χ4n) is 1.80. The first kappa shape index (κ1) is 15.9. The van der Waals surface area contributed by atoms with E-state index in [1.165, 1.54) is 19.4 Å². The first-order valence-corrected chi connectivity index (χ1v) is 6.58. The zero-order chi connectivity index (χ0) is 15.9. The molecule has 2 N–H and O–H groups in total. The van der Waals surface area contributed by atoms with Gasteiger partial charge in [0.25, 0.3) is 0 Å². The molecule has 0 aliphatic carbocycles. The van der Waals surface area contributed by atoms with Crippen LogP contribution in [-0.4, -0.2) is 46.8 Å². The van der Waals surface area contributed by atoms with Gasteiger partial charge in [-0.05, 0) is 23.8 Å². The summed E-state index contributed by atoms with van der Waals surface area (Å²) in [5, 5.41) is 18.3. The van der Waals surface area contributed by atoms with Crippen molar-refractivity contribution in [3.05, 3.63) is 47.9 Å². The topological polar surface area (TPSA) is 102 Å². The maximum atomic E-state index is 11.7. The molecule has 0 aliphatic heterocycles. The number of hydrogen-bond acceptors (Lipinski definition) is 7. The molecule has 2 aromatic rings. The Balaban J connectivity index is 2.10. The number of methoxy groups -OCH3 is 1. The molecule has 8 heteroatoms. The van der Waals surface area contributed by atoms with Gasteiger partial charge in [-0.3, -0.25) is 4.98 Å². The van der Waals surface area contributed by atoms with E-state index >= 15 is 0 Å². The summed E-state index contributed by atoms with van der Waals surface area (Å²) in [4.78, 5) is 19.6. The number of esters is 1. The Kier molecular flexibility index (Phi) is 5.45. The molecule has 2 rings (SSSR count). The molecule has 114 valence electrons. The predicted molar refractivity (Wildman–Crippen MR) is 78.8 cm³/mol. The quantitative estimate of drug-likeness (QED) is 0.551. The van der Waals surface area contributed by atoms with Crippen LogP contribution < -0.4 is 10.2 Å². The number of aromatic nitrogens is 2. The van der Waals surface area contributed by atoms with Gasteiger partial charge in [-0.2, -0.15) is 0 Å². The lowest BCUT2D eigenvalue weighted by Gasteiger charge is -2.10. The zero-order valence-corrected chi connectivity index (χ0v) is 12.0. The molecule has 7 nitrogen and oxygen atoms in total. The van der Waals surface area contributed by atoms with Crippen LogP contribution in [-0.2, 0) is 11.2 Å². The van der Waals surface area contributed by atoms with Gasteiger partial charge in [0, 0.05) is 30.5 Å². The fourth-order valence-corrected chi connectivity index (χ4v) is 1.80. The van der Waals surface area contributed by atoms with Crippen LogP contribution in [0, 0.1) is 0 Å². The first-order chi connectivity index (χ1) is 10.6. The average molecular weight is 302 g/mol. The van der Waals surface area contributed by atoms with Crippen molar-refractivity contribution in [2.45, 2.75) is 6.42 Å². The van der Waals surface area contributed by atoms with E-state index in [9.17, 15) is 4.79 Å². The number of hydrogen-bond donors (Lipinski definition) is 2. The minimum absolute atomic E-state index is 0.0443. The number of carbonyl (C=O) groups excluding carboxylic acids is 1. The molecule has 2 heterocycles. The van der Waals surface area contributed by atoms with Crippen molar-refractivity contribution in [3.8, 4) is 5.88 Å². The van der Waals surface area contributed by atoms with E-state index < -0.39 is 13.1 Å². The van der Waals surface area contributed by atoms with E-state index in [2.05, 4.69) is 14.7 Å². The minimum Gasteiger partial charge on any atom is -0.477 e. The van der Waals surface area contributed by atoms with Crippen LogP contribution in [0.4, 0.5) is 0 Å². The van der Waals surface area contributed by atoms with E-state index in [1.807, 2.05) is 12.1 Å². The van der Waals surface area contributed by atoms with Crippen LogP contribution in [0.15, 0.2) is 36.8 Å². The highest BCUT2D eigenvalue weighted by molar-refractivity contribution is 6.58. The SMILES string of the molecule is COC(=O)c1cc(B(O)O)cnc1OCCc1ccncc1. The maximum Gasteiger partial charge on any atom is 0.490 e. The summed E-state index contributed by atoms with van der Waals surface area (Å²) >= 11 is 0. The molecule has 0 bridgehead atoms. The second kappa shape index (κ2) is 7.53. The summed E-state index contributed by atoms with van der Waals surface area (Å²) < 4.78 is 10.1. The summed E-state index contributed by atoms with van der Waals surface area (Å²) in [7, 11) is -0.493. The number of ether oxygens (including phenoxy) is 2. The van der Waals surface area contributed by atoms with Gasteiger partial charge in [0.15, 0.2) is 0 Å². The predicted octanol–water partition coefficient (Wildman–Crippen LogP) is -0.436. The second-order valence-electron chi connectivity index (χ2n) is 4.44. The van der Waals surface area contributed by atoms with Gasteiger partial charge in [-0.1, -0.05) is 0 Å². The lowest BCUT2D eigenvalue weighted by atomic mass is 9.81. The number of pyridine rings is 2. The molecule has 2 aromatic heterocycles. The van der Waals surface area contributed by atoms with Crippen LogP contribution >= 0.6 is 0 Å². The summed E-state index contributed by atoms with van der Waals surface area (Å²) in [5.74, 6) is -0.570. The van der Waals surface area contributed by atoms with E-state index in [1.54, 1.807) is 12.4 Å². The highest BCUT2D eigenvalue weighted by atomic mass is 16.5. The van der Waals surface area contributed by atoms with Crippen molar-refractivity contribution in [2.75, 3.05) is 13.7 Å². The Bertz CT molecular complexity index is 636. The van der Waals surface area contributed by atoms with Crippen molar-refractivity contribution in [3.63, 3.8) is 0 Å². The van der Waals surface area contributed by atoms with Crippen molar-refractivity contribution < 1.29 is 24.3 Å².